The van der Waals surface area contributed by atoms with Crippen molar-refractivity contribution in [2.45, 2.75) is 13.0 Å². The van der Waals surface area contributed by atoms with Gasteiger partial charge >= 0.3 is 0 Å². The fraction of sp³-hybridized carbons (Fsp3) is 0.133. The molecule has 0 heterocycles. The predicted octanol–water partition coefficient (Wildman–Crippen LogP) is 5.49. The SMILES string of the molecule is COc1ccc(NC(=O)Cc2cccc(N(Cc3ccccc3)C(=O)COc3ccccc3)c2)cc1. The van der Waals surface area contributed by atoms with E-state index in [0.717, 1.165) is 16.9 Å². The van der Waals surface area contributed by atoms with Crippen LogP contribution in [0.4, 0.5) is 11.4 Å². The Morgan fingerprint density at radius 3 is 2.11 bits per heavy atom. The highest BCUT2D eigenvalue weighted by Gasteiger charge is 2.18. The van der Waals surface area contributed by atoms with Gasteiger partial charge in [0.05, 0.1) is 20.1 Å². The number of para-hydroxylation sites is 1. The number of carbonyl (C=O) groups is 2. The second-order valence-corrected chi connectivity index (χ2v) is 8.19. The van der Waals surface area contributed by atoms with Crippen molar-refractivity contribution in [1.29, 1.82) is 0 Å². The quantitative estimate of drug-likeness (QED) is 0.326. The van der Waals surface area contributed by atoms with Gasteiger partial charge in [-0.15, -0.1) is 0 Å². The minimum atomic E-state index is -0.178. The van der Waals surface area contributed by atoms with Gasteiger partial charge in [0.2, 0.25) is 5.91 Å². The summed E-state index contributed by atoms with van der Waals surface area (Å²) >= 11 is 0. The number of rotatable bonds is 10. The molecule has 4 aromatic rings. The molecule has 0 saturated carbocycles. The van der Waals surface area contributed by atoms with Gasteiger partial charge in [0.25, 0.3) is 5.91 Å². The zero-order valence-electron chi connectivity index (χ0n) is 20.1. The maximum Gasteiger partial charge on any atom is 0.265 e. The third kappa shape index (κ3) is 6.96. The highest BCUT2D eigenvalue weighted by Crippen LogP contribution is 2.21. The molecule has 36 heavy (non-hydrogen) atoms. The Morgan fingerprint density at radius 1 is 0.750 bits per heavy atom. The highest BCUT2D eigenvalue weighted by atomic mass is 16.5. The molecule has 0 bridgehead atoms. The molecule has 0 aliphatic rings. The average molecular weight is 481 g/mol. The van der Waals surface area contributed by atoms with Crippen molar-refractivity contribution in [1.82, 2.24) is 0 Å². The fourth-order valence-electron chi connectivity index (χ4n) is 3.73. The topological polar surface area (TPSA) is 67.9 Å². The van der Waals surface area contributed by atoms with Crippen LogP contribution in [0.25, 0.3) is 0 Å². The summed E-state index contributed by atoms with van der Waals surface area (Å²) in [6.45, 7) is 0.290. The third-order valence-electron chi connectivity index (χ3n) is 5.55. The molecule has 0 aliphatic heterocycles. The number of ether oxygens (including phenoxy) is 2. The zero-order chi connectivity index (χ0) is 25.2. The van der Waals surface area contributed by atoms with Gasteiger partial charge in [-0.25, -0.2) is 0 Å². The summed E-state index contributed by atoms with van der Waals surface area (Å²) in [4.78, 5) is 27.6. The molecular weight excluding hydrogens is 452 g/mol. The van der Waals surface area contributed by atoms with Crippen LogP contribution in [0.3, 0.4) is 0 Å². The number of nitrogens with zero attached hydrogens (tertiary/aromatic N) is 1. The minimum absolute atomic E-state index is 0.0982. The lowest BCUT2D eigenvalue weighted by Crippen LogP contribution is -2.34. The van der Waals surface area contributed by atoms with Crippen molar-refractivity contribution < 1.29 is 19.1 Å². The zero-order valence-corrected chi connectivity index (χ0v) is 20.1. The van der Waals surface area contributed by atoms with Gasteiger partial charge in [0.1, 0.15) is 11.5 Å². The van der Waals surface area contributed by atoms with Gasteiger partial charge < -0.3 is 19.7 Å². The summed E-state index contributed by atoms with van der Waals surface area (Å²) in [7, 11) is 1.60. The Balaban J connectivity index is 1.48. The van der Waals surface area contributed by atoms with E-state index in [9.17, 15) is 9.59 Å². The first-order chi connectivity index (χ1) is 17.6. The van der Waals surface area contributed by atoms with Gasteiger partial charge in [-0.1, -0.05) is 60.7 Å². The van der Waals surface area contributed by atoms with Crippen LogP contribution >= 0.6 is 0 Å². The van der Waals surface area contributed by atoms with E-state index in [4.69, 9.17) is 9.47 Å². The monoisotopic (exact) mass is 480 g/mol. The van der Waals surface area contributed by atoms with Crippen LogP contribution in [-0.2, 0) is 22.6 Å². The Morgan fingerprint density at radius 2 is 1.42 bits per heavy atom. The molecule has 0 aromatic heterocycles. The first kappa shape index (κ1) is 24.5. The van der Waals surface area contributed by atoms with E-state index in [1.165, 1.54) is 0 Å². The molecule has 0 aliphatic carbocycles. The van der Waals surface area contributed by atoms with Crippen LogP contribution in [0.15, 0.2) is 109 Å². The number of amides is 2. The summed E-state index contributed by atoms with van der Waals surface area (Å²) in [6, 6.07) is 33.7. The number of hydrogen-bond donors (Lipinski definition) is 1. The first-order valence-electron chi connectivity index (χ1n) is 11.7. The molecule has 2 amide bonds. The van der Waals surface area contributed by atoms with E-state index in [1.807, 2.05) is 84.9 Å². The average Bonchev–Trinajstić information content (AvgIpc) is 2.92. The molecule has 0 unspecified atom stereocenters. The van der Waals surface area contributed by atoms with Gasteiger partial charge in [-0.05, 0) is 59.7 Å². The molecule has 6 heteroatoms. The minimum Gasteiger partial charge on any atom is -0.497 e. The van der Waals surface area contributed by atoms with Crippen molar-refractivity contribution in [2.24, 2.45) is 0 Å². The van der Waals surface area contributed by atoms with Gasteiger partial charge in [-0.3, -0.25) is 9.59 Å². The van der Waals surface area contributed by atoms with Crippen LogP contribution in [0.5, 0.6) is 11.5 Å². The molecule has 0 spiro atoms. The van der Waals surface area contributed by atoms with Gasteiger partial charge in [0.15, 0.2) is 6.61 Å². The van der Waals surface area contributed by atoms with E-state index in [2.05, 4.69) is 5.32 Å². The molecule has 1 N–H and O–H groups in total. The molecule has 4 rings (SSSR count). The van der Waals surface area contributed by atoms with Crippen molar-refractivity contribution in [3.8, 4) is 11.5 Å². The van der Waals surface area contributed by atoms with Gasteiger partial charge in [-0.2, -0.15) is 0 Å². The highest BCUT2D eigenvalue weighted by molar-refractivity contribution is 5.95. The second-order valence-electron chi connectivity index (χ2n) is 8.19. The van der Waals surface area contributed by atoms with Crippen LogP contribution in [-0.4, -0.2) is 25.5 Å². The van der Waals surface area contributed by atoms with E-state index in [0.29, 0.717) is 23.7 Å². The lowest BCUT2D eigenvalue weighted by molar-refractivity contribution is -0.120. The largest absolute Gasteiger partial charge is 0.497 e. The summed E-state index contributed by atoms with van der Waals surface area (Å²) in [5, 5.41) is 2.90. The Bertz CT molecular complexity index is 1280. The molecule has 0 radical (unpaired) electrons. The fourth-order valence-corrected chi connectivity index (χ4v) is 3.73. The summed E-state index contributed by atoms with van der Waals surface area (Å²) in [5.41, 5.74) is 3.19. The Hall–Kier alpha value is -4.58. The molecule has 182 valence electrons. The van der Waals surface area contributed by atoms with Crippen molar-refractivity contribution in [3.63, 3.8) is 0 Å². The summed E-state index contributed by atoms with van der Waals surface area (Å²) in [6.07, 6.45) is 0.174. The second kappa shape index (κ2) is 12.2. The maximum absolute atomic E-state index is 13.3. The molecule has 0 atom stereocenters. The number of carbonyl (C=O) groups excluding carboxylic acids is 2. The van der Waals surface area contributed by atoms with E-state index in [1.54, 1.807) is 36.3 Å². The smallest absolute Gasteiger partial charge is 0.265 e. The van der Waals surface area contributed by atoms with Crippen LogP contribution in [0.2, 0.25) is 0 Å². The predicted molar refractivity (Wildman–Crippen MR) is 141 cm³/mol. The molecule has 0 saturated heterocycles. The third-order valence-corrected chi connectivity index (χ3v) is 5.55. The van der Waals surface area contributed by atoms with Crippen molar-refractivity contribution >= 4 is 23.2 Å². The van der Waals surface area contributed by atoms with Crippen LogP contribution < -0.4 is 19.7 Å². The number of anilines is 2. The van der Waals surface area contributed by atoms with Gasteiger partial charge in [0, 0.05) is 11.4 Å². The molecule has 0 fully saturated rings. The van der Waals surface area contributed by atoms with Crippen LogP contribution in [0, 0.1) is 0 Å². The lowest BCUT2D eigenvalue weighted by Gasteiger charge is -2.24. The normalized spacial score (nSPS) is 10.4. The van der Waals surface area contributed by atoms with Crippen molar-refractivity contribution in [3.05, 3.63) is 120 Å². The number of benzene rings is 4. The Labute approximate surface area is 211 Å². The summed E-state index contributed by atoms with van der Waals surface area (Å²) in [5.74, 6) is 1.03. The standard InChI is InChI=1S/C30H28N2O4/c1-35-27-17-15-25(16-18-27)31-29(33)20-24-11-8-12-26(19-24)32(21-23-9-4-2-5-10-23)30(34)22-36-28-13-6-3-7-14-28/h2-19H,20-22H2,1H3,(H,31,33). The molecular formula is C30H28N2O4. The number of nitrogens with one attached hydrogen (secondary N) is 1. The number of hydrogen-bond acceptors (Lipinski definition) is 4. The lowest BCUT2D eigenvalue weighted by atomic mass is 10.1. The summed E-state index contributed by atoms with van der Waals surface area (Å²) < 4.78 is 10.9. The van der Waals surface area contributed by atoms with Crippen molar-refractivity contribution in [2.75, 3.05) is 23.9 Å². The first-order valence-corrected chi connectivity index (χ1v) is 11.7. The van der Waals surface area contributed by atoms with E-state index >= 15 is 0 Å². The molecule has 6 nitrogen and oxygen atoms in total. The number of methoxy groups -OCH3 is 1. The maximum atomic E-state index is 13.3. The van der Waals surface area contributed by atoms with E-state index < -0.39 is 0 Å². The Kier molecular flexibility index (Phi) is 8.33. The molecule has 4 aromatic carbocycles. The van der Waals surface area contributed by atoms with Crippen LogP contribution in [0.1, 0.15) is 11.1 Å². The van der Waals surface area contributed by atoms with E-state index in [-0.39, 0.29) is 24.8 Å².